The first kappa shape index (κ1) is 11.0. The minimum atomic E-state index is -0.585. The molecule has 0 spiro atoms. The maximum atomic E-state index is 11.5. The lowest BCUT2D eigenvalue weighted by Gasteiger charge is -2.32. The number of carbonyl (C=O) groups excluding carboxylic acids is 2. The van der Waals surface area contributed by atoms with Crippen molar-refractivity contribution in [3.8, 4) is 0 Å². The zero-order valence-corrected chi connectivity index (χ0v) is 8.54. The molecule has 80 valence electrons. The molecule has 4 N–H and O–H groups in total. The number of amides is 2. The van der Waals surface area contributed by atoms with Crippen molar-refractivity contribution in [1.82, 2.24) is 10.6 Å². The van der Waals surface area contributed by atoms with Gasteiger partial charge in [-0.2, -0.15) is 0 Å². The van der Waals surface area contributed by atoms with Crippen LogP contribution in [0.15, 0.2) is 0 Å². The molecule has 0 radical (unpaired) electrons. The van der Waals surface area contributed by atoms with Crippen molar-refractivity contribution in [1.29, 1.82) is 0 Å². The van der Waals surface area contributed by atoms with Gasteiger partial charge < -0.3 is 16.4 Å². The maximum Gasteiger partial charge on any atom is 0.239 e. The van der Waals surface area contributed by atoms with Gasteiger partial charge in [-0.3, -0.25) is 9.59 Å². The van der Waals surface area contributed by atoms with E-state index in [1.54, 1.807) is 6.92 Å². The molecular weight excluding hydrogens is 182 g/mol. The van der Waals surface area contributed by atoms with Crippen LogP contribution in [0, 0.1) is 11.8 Å². The molecule has 0 bridgehead atoms. The Morgan fingerprint density at radius 3 is 2.36 bits per heavy atom. The van der Waals surface area contributed by atoms with Crippen molar-refractivity contribution < 1.29 is 9.59 Å². The quantitative estimate of drug-likeness (QED) is 0.533. The molecule has 0 aromatic heterocycles. The molecule has 1 rings (SSSR count). The molecule has 0 aliphatic carbocycles. The van der Waals surface area contributed by atoms with Crippen LogP contribution < -0.4 is 16.4 Å². The summed E-state index contributed by atoms with van der Waals surface area (Å²) in [6.45, 7) is 5.21. The SMILES string of the molecule is CC(NC(=O)C(C)C1CNC1)C(N)=O. The Balaban J connectivity index is 2.36. The summed E-state index contributed by atoms with van der Waals surface area (Å²) in [5.74, 6) is -0.270. The first-order valence-electron chi connectivity index (χ1n) is 4.82. The second-order valence-electron chi connectivity index (χ2n) is 3.84. The molecule has 1 saturated heterocycles. The molecule has 1 fully saturated rings. The van der Waals surface area contributed by atoms with Gasteiger partial charge in [-0.1, -0.05) is 6.92 Å². The lowest BCUT2D eigenvalue weighted by atomic mass is 9.88. The Bertz CT molecular complexity index is 238. The van der Waals surface area contributed by atoms with Crippen LogP contribution in [0.3, 0.4) is 0 Å². The topological polar surface area (TPSA) is 84.2 Å². The lowest BCUT2D eigenvalue weighted by Crippen LogP contribution is -2.52. The zero-order valence-electron chi connectivity index (χ0n) is 8.54. The molecule has 5 heteroatoms. The monoisotopic (exact) mass is 199 g/mol. The maximum absolute atomic E-state index is 11.5. The average Bonchev–Trinajstić information content (AvgIpc) is 2.00. The lowest BCUT2D eigenvalue weighted by molar-refractivity contribution is -0.130. The fourth-order valence-electron chi connectivity index (χ4n) is 1.29. The van der Waals surface area contributed by atoms with Gasteiger partial charge in [0.2, 0.25) is 11.8 Å². The van der Waals surface area contributed by atoms with Crippen LogP contribution in [-0.4, -0.2) is 30.9 Å². The third-order valence-electron chi connectivity index (χ3n) is 2.72. The number of nitrogens with one attached hydrogen (secondary N) is 2. The van der Waals surface area contributed by atoms with Crippen LogP contribution in [-0.2, 0) is 9.59 Å². The summed E-state index contributed by atoms with van der Waals surface area (Å²) < 4.78 is 0. The van der Waals surface area contributed by atoms with Crippen LogP contribution in [0.1, 0.15) is 13.8 Å². The summed E-state index contributed by atoms with van der Waals surface area (Å²) in [6, 6.07) is -0.585. The largest absolute Gasteiger partial charge is 0.368 e. The number of carbonyl (C=O) groups is 2. The normalized spacial score (nSPS) is 20.7. The van der Waals surface area contributed by atoms with Gasteiger partial charge in [0, 0.05) is 5.92 Å². The Morgan fingerprint density at radius 2 is 2.00 bits per heavy atom. The van der Waals surface area contributed by atoms with Gasteiger partial charge in [-0.25, -0.2) is 0 Å². The second kappa shape index (κ2) is 4.41. The third-order valence-corrected chi connectivity index (χ3v) is 2.72. The van der Waals surface area contributed by atoms with Gasteiger partial charge in [0.25, 0.3) is 0 Å². The summed E-state index contributed by atoms with van der Waals surface area (Å²) in [5, 5.41) is 5.69. The van der Waals surface area contributed by atoms with E-state index in [1.165, 1.54) is 0 Å². The Kier molecular flexibility index (Phi) is 3.46. The van der Waals surface area contributed by atoms with Crippen molar-refractivity contribution in [3.05, 3.63) is 0 Å². The fourth-order valence-corrected chi connectivity index (χ4v) is 1.29. The van der Waals surface area contributed by atoms with Crippen molar-refractivity contribution >= 4 is 11.8 Å². The minimum absolute atomic E-state index is 0.0574. The highest BCUT2D eigenvalue weighted by Gasteiger charge is 2.29. The smallest absolute Gasteiger partial charge is 0.239 e. The highest BCUT2D eigenvalue weighted by molar-refractivity contribution is 5.87. The molecular formula is C9H17N3O2. The molecule has 2 amide bonds. The van der Waals surface area contributed by atoms with Crippen molar-refractivity contribution in [3.63, 3.8) is 0 Å². The molecule has 5 nitrogen and oxygen atoms in total. The van der Waals surface area contributed by atoms with Gasteiger partial charge in [-0.05, 0) is 25.9 Å². The highest BCUT2D eigenvalue weighted by Crippen LogP contribution is 2.15. The first-order valence-corrected chi connectivity index (χ1v) is 4.82. The van der Waals surface area contributed by atoms with Crippen molar-refractivity contribution in [2.75, 3.05) is 13.1 Å². The molecule has 2 unspecified atom stereocenters. The van der Waals surface area contributed by atoms with Crippen molar-refractivity contribution in [2.45, 2.75) is 19.9 Å². The summed E-state index contributed by atoms with van der Waals surface area (Å²) in [5.41, 5.74) is 5.04. The van der Waals surface area contributed by atoms with Crippen LogP contribution in [0.5, 0.6) is 0 Å². The Labute approximate surface area is 83.4 Å². The Hall–Kier alpha value is -1.10. The van der Waals surface area contributed by atoms with Gasteiger partial charge in [0.1, 0.15) is 6.04 Å². The molecule has 1 aliphatic rings. The van der Waals surface area contributed by atoms with Gasteiger partial charge >= 0.3 is 0 Å². The number of hydrogen-bond donors (Lipinski definition) is 3. The van der Waals surface area contributed by atoms with E-state index in [-0.39, 0.29) is 11.8 Å². The van der Waals surface area contributed by atoms with E-state index in [1.807, 2.05) is 6.92 Å². The van der Waals surface area contributed by atoms with Crippen LogP contribution in [0.4, 0.5) is 0 Å². The summed E-state index contributed by atoms with van der Waals surface area (Å²) in [6.07, 6.45) is 0. The van der Waals surface area contributed by atoms with E-state index in [2.05, 4.69) is 10.6 Å². The number of nitrogens with two attached hydrogens (primary N) is 1. The highest BCUT2D eigenvalue weighted by atomic mass is 16.2. The first-order chi connectivity index (χ1) is 6.52. The van der Waals surface area contributed by atoms with Crippen LogP contribution in [0.2, 0.25) is 0 Å². The third kappa shape index (κ3) is 2.45. The molecule has 0 aromatic carbocycles. The number of rotatable bonds is 4. The van der Waals surface area contributed by atoms with Gasteiger partial charge in [-0.15, -0.1) is 0 Å². The van der Waals surface area contributed by atoms with E-state index in [4.69, 9.17) is 5.73 Å². The van der Waals surface area contributed by atoms with Crippen LogP contribution in [0.25, 0.3) is 0 Å². The number of primary amides is 1. The van der Waals surface area contributed by atoms with Crippen molar-refractivity contribution in [2.24, 2.45) is 17.6 Å². The summed E-state index contributed by atoms with van der Waals surface area (Å²) in [7, 11) is 0. The van der Waals surface area contributed by atoms with Gasteiger partial charge in [0.15, 0.2) is 0 Å². The zero-order chi connectivity index (χ0) is 10.7. The molecule has 14 heavy (non-hydrogen) atoms. The van der Waals surface area contributed by atoms with E-state index in [0.29, 0.717) is 5.92 Å². The predicted molar refractivity (Wildman–Crippen MR) is 52.3 cm³/mol. The van der Waals surface area contributed by atoms with E-state index >= 15 is 0 Å². The van der Waals surface area contributed by atoms with E-state index in [9.17, 15) is 9.59 Å². The Morgan fingerprint density at radius 1 is 1.43 bits per heavy atom. The van der Waals surface area contributed by atoms with E-state index in [0.717, 1.165) is 13.1 Å². The summed E-state index contributed by atoms with van der Waals surface area (Å²) in [4.78, 5) is 22.3. The standard InChI is InChI=1S/C9H17N3O2/c1-5(7-3-11-4-7)9(14)12-6(2)8(10)13/h5-7,11H,3-4H2,1-2H3,(H2,10,13)(H,12,14). The van der Waals surface area contributed by atoms with E-state index < -0.39 is 11.9 Å². The minimum Gasteiger partial charge on any atom is -0.368 e. The molecule has 0 aromatic rings. The number of hydrogen-bond acceptors (Lipinski definition) is 3. The molecule has 0 saturated carbocycles. The van der Waals surface area contributed by atoms with Gasteiger partial charge in [0.05, 0.1) is 0 Å². The fraction of sp³-hybridized carbons (Fsp3) is 0.778. The second-order valence-corrected chi connectivity index (χ2v) is 3.84. The molecule has 1 aliphatic heterocycles. The summed E-state index contributed by atoms with van der Waals surface area (Å²) >= 11 is 0. The van der Waals surface area contributed by atoms with Crippen LogP contribution >= 0.6 is 0 Å². The molecule has 1 heterocycles. The predicted octanol–water partition coefficient (Wildman–Crippen LogP) is -1.17. The average molecular weight is 199 g/mol. The molecule has 2 atom stereocenters.